The van der Waals surface area contributed by atoms with E-state index in [4.69, 9.17) is 10.5 Å². The highest BCUT2D eigenvalue weighted by atomic mass is 16.5. The highest BCUT2D eigenvalue weighted by molar-refractivity contribution is 5.85. The van der Waals surface area contributed by atoms with Crippen LogP contribution in [-0.4, -0.2) is 41.7 Å². The fraction of sp³-hybridized carbons (Fsp3) is 0.643. The zero-order valence-corrected chi connectivity index (χ0v) is 12.3. The first-order valence-corrected chi connectivity index (χ1v) is 6.99. The van der Waals surface area contributed by atoms with Crippen molar-refractivity contribution in [2.75, 3.05) is 18.6 Å². The zero-order valence-electron chi connectivity index (χ0n) is 12.3. The van der Waals surface area contributed by atoms with Crippen LogP contribution in [0.1, 0.15) is 42.5 Å². The smallest absolute Gasteiger partial charge is 0.376 e. The van der Waals surface area contributed by atoms with Crippen molar-refractivity contribution in [3.05, 3.63) is 17.6 Å². The van der Waals surface area contributed by atoms with Crippen molar-refractivity contribution in [3.63, 3.8) is 0 Å². The van der Waals surface area contributed by atoms with Gasteiger partial charge in [0.25, 0.3) is 0 Å². The summed E-state index contributed by atoms with van der Waals surface area (Å²) in [5.41, 5.74) is 6.83. The molecule has 0 aromatic carbocycles. The molecular formula is C14H22N4O2. The van der Waals surface area contributed by atoms with Crippen molar-refractivity contribution in [2.24, 2.45) is 5.73 Å². The molecule has 1 aliphatic rings. The van der Waals surface area contributed by atoms with Crippen molar-refractivity contribution in [2.45, 2.75) is 45.2 Å². The molecule has 2 N–H and O–H groups in total. The van der Waals surface area contributed by atoms with Gasteiger partial charge < -0.3 is 15.4 Å². The summed E-state index contributed by atoms with van der Waals surface area (Å²) < 4.78 is 4.70. The number of nitrogens with zero attached hydrogens (tertiary/aromatic N) is 3. The summed E-state index contributed by atoms with van der Waals surface area (Å²) >= 11 is 0. The van der Waals surface area contributed by atoms with Crippen LogP contribution in [0, 0.1) is 6.92 Å². The second-order valence-electron chi connectivity index (χ2n) is 5.30. The Labute approximate surface area is 119 Å². The second-order valence-corrected chi connectivity index (χ2v) is 5.30. The molecule has 0 spiro atoms. The molecule has 1 fully saturated rings. The topological polar surface area (TPSA) is 81.3 Å². The van der Waals surface area contributed by atoms with Crippen LogP contribution in [0.15, 0.2) is 6.07 Å². The van der Waals surface area contributed by atoms with E-state index in [1.807, 2.05) is 19.9 Å². The number of anilines is 1. The van der Waals surface area contributed by atoms with Crippen LogP contribution in [0.2, 0.25) is 0 Å². The number of aryl methyl sites for hydroxylation is 1. The third-order valence-corrected chi connectivity index (χ3v) is 3.66. The molecule has 1 aliphatic heterocycles. The van der Waals surface area contributed by atoms with E-state index >= 15 is 0 Å². The summed E-state index contributed by atoms with van der Waals surface area (Å²) in [6, 6.07) is 2.21. The Bertz CT molecular complexity index is 490. The SMILES string of the molecule is COC(=O)c1nc(C)cc(N2CCCCC2C(C)N)n1. The number of hydrogen-bond acceptors (Lipinski definition) is 6. The normalized spacial score (nSPS) is 20.6. The molecule has 6 nitrogen and oxygen atoms in total. The number of carbonyl (C=O) groups excluding carboxylic acids is 1. The van der Waals surface area contributed by atoms with Crippen LogP contribution in [-0.2, 0) is 4.74 Å². The van der Waals surface area contributed by atoms with Gasteiger partial charge >= 0.3 is 5.97 Å². The molecule has 6 heteroatoms. The minimum atomic E-state index is -0.510. The lowest BCUT2D eigenvalue weighted by molar-refractivity contribution is 0.0586. The Kier molecular flexibility index (Phi) is 4.54. The van der Waals surface area contributed by atoms with Gasteiger partial charge in [-0.25, -0.2) is 14.8 Å². The maximum absolute atomic E-state index is 11.6. The number of methoxy groups -OCH3 is 1. The van der Waals surface area contributed by atoms with Crippen molar-refractivity contribution < 1.29 is 9.53 Å². The van der Waals surface area contributed by atoms with Crippen molar-refractivity contribution in [3.8, 4) is 0 Å². The number of rotatable bonds is 3. The minimum Gasteiger partial charge on any atom is -0.463 e. The summed E-state index contributed by atoms with van der Waals surface area (Å²) in [6.45, 7) is 4.77. The molecule has 110 valence electrons. The monoisotopic (exact) mass is 278 g/mol. The van der Waals surface area contributed by atoms with Gasteiger partial charge in [0.15, 0.2) is 0 Å². The first-order chi connectivity index (χ1) is 9.52. The van der Waals surface area contributed by atoms with Gasteiger partial charge in [-0.1, -0.05) is 0 Å². The molecule has 0 saturated carbocycles. The van der Waals surface area contributed by atoms with Crippen LogP contribution in [0.25, 0.3) is 0 Å². The number of aromatic nitrogens is 2. The van der Waals surface area contributed by atoms with E-state index in [9.17, 15) is 4.79 Å². The van der Waals surface area contributed by atoms with E-state index in [1.54, 1.807) is 0 Å². The van der Waals surface area contributed by atoms with Crippen LogP contribution in [0.3, 0.4) is 0 Å². The second kappa shape index (κ2) is 6.17. The highest BCUT2D eigenvalue weighted by Crippen LogP contribution is 2.25. The molecule has 0 aliphatic carbocycles. The third kappa shape index (κ3) is 3.07. The number of nitrogens with two attached hydrogens (primary N) is 1. The van der Waals surface area contributed by atoms with Gasteiger partial charge in [0, 0.05) is 30.4 Å². The quantitative estimate of drug-likeness (QED) is 0.839. The van der Waals surface area contributed by atoms with Crippen LogP contribution < -0.4 is 10.6 Å². The number of ether oxygens (including phenoxy) is 1. The number of carbonyl (C=O) groups is 1. The highest BCUT2D eigenvalue weighted by Gasteiger charge is 2.27. The Hall–Kier alpha value is -1.69. The van der Waals surface area contributed by atoms with Crippen LogP contribution in [0.4, 0.5) is 5.82 Å². The predicted molar refractivity (Wildman–Crippen MR) is 76.7 cm³/mol. The fourth-order valence-electron chi connectivity index (χ4n) is 2.67. The average Bonchev–Trinajstić information content (AvgIpc) is 2.45. The first-order valence-electron chi connectivity index (χ1n) is 6.99. The van der Waals surface area contributed by atoms with Gasteiger partial charge in [-0.15, -0.1) is 0 Å². The van der Waals surface area contributed by atoms with Gasteiger partial charge in [0.2, 0.25) is 5.82 Å². The molecule has 2 unspecified atom stereocenters. The van der Waals surface area contributed by atoms with Gasteiger partial charge in [0.1, 0.15) is 5.82 Å². The van der Waals surface area contributed by atoms with E-state index in [2.05, 4.69) is 14.9 Å². The molecule has 1 saturated heterocycles. The van der Waals surface area contributed by atoms with E-state index in [1.165, 1.54) is 13.5 Å². The lowest BCUT2D eigenvalue weighted by Gasteiger charge is -2.39. The van der Waals surface area contributed by atoms with Crippen molar-refractivity contribution >= 4 is 11.8 Å². The molecule has 1 aromatic heterocycles. The molecule has 0 radical (unpaired) electrons. The molecule has 0 bridgehead atoms. The Morgan fingerprint density at radius 3 is 2.90 bits per heavy atom. The molecule has 2 atom stereocenters. The maximum Gasteiger partial charge on any atom is 0.376 e. The van der Waals surface area contributed by atoms with Gasteiger partial charge in [-0.3, -0.25) is 0 Å². The molecule has 1 aromatic rings. The number of piperidine rings is 1. The van der Waals surface area contributed by atoms with Crippen LogP contribution in [0.5, 0.6) is 0 Å². The molecule has 2 rings (SSSR count). The lowest BCUT2D eigenvalue weighted by atomic mass is 9.97. The van der Waals surface area contributed by atoms with Gasteiger partial charge in [-0.05, 0) is 33.1 Å². The largest absolute Gasteiger partial charge is 0.463 e. The van der Waals surface area contributed by atoms with E-state index in [0.717, 1.165) is 30.9 Å². The third-order valence-electron chi connectivity index (χ3n) is 3.66. The molecule has 20 heavy (non-hydrogen) atoms. The molecular weight excluding hydrogens is 256 g/mol. The summed E-state index contributed by atoms with van der Waals surface area (Å²) in [4.78, 5) is 22.3. The first kappa shape index (κ1) is 14.7. The van der Waals surface area contributed by atoms with Gasteiger partial charge in [0.05, 0.1) is 7.11 Å². The Morgan fingerprint density at radius 1 is 1.50 bits per heavy atom. The van der Waals surface area contributed by atoms with E-state index in [0.29, 0.717) is 0 Å². The van der Waals surface area contributed by atoms with Crippen LogP contribution >= 0.6 is 0 Å². The summed E-state index contributed by atoms with van der Waals surface area (Å²) in [6.07, 6.45) is 3.34. The van der Waals surface area contributed by atoms with E-state index < -0.39 is 5.97 Å². The summed E-state index contributed by atoms with van der Waals surface area (Å²) in [7, 11) is 1.33. The lowest BCUT2D eigenvalue weighted by Crippen LogP contribution is -2.49. The van der Waals surface area contributed by atoms with Gasteiger partial charge in [-0.2, -0.15) is 0 Å². The zero-order chi connectivity index (χ0) is 14.7. The fourth-order valence-corrected chi connectivity index (χ4v) is 2.67. The van der Waals surface area contributed by atoms with E-state index in [-0.39, 0.29) is 17.9 Å². The molecule has 0 amide bonds. The molecule has 2 heterocycles. The average molecular weight is 278 g/mol. The minimum absolute atomic E-state index is 0.0622. The van der Waals surface area contributed by atoms with Crippen molar-refractivity contribution in [1.29, 1.82) is 0 Å². The maximum atomic E-state index is 11.6. The number of hydrogen-bond donors (Lipinski definition) is 1. The summed E-state index contributed by atoms with van der Waals surface area (Å²) in [5.74, 6) is 0.362. The Balaban J connectivity index is 2.35. The standard InChI is InChI=1S/C14H22N4O2/c1-9-8-12(17-13(16-9)14(19)20-3)18-7-5-4-6-11(18)10(2)15/h8,10-11H,4-7,15H2,1-3H3. The summed E-state index contributed by atoms with van der Waals surface area (Å²) in [5, 5.41) is 0. The predicted octanol–water partition coefficient (Wildman–Crippen LogP) is 1.28. The van der Waals surface area contributed by atoms with Crippen molar-refractivity contribution in [1.82, 2.24) is 9.97 Å². The number of esters is 1. The Morgan fingerprint density at radius 2 is 2.25 bits per heavy atom.